The fraction of sp³-hybridized carbons (Fsp3) is 0.538. The van der Waals surface area contributed by atoms with Crippen molar-refractivity contribution in [3.63, 3.8) is 0 Å². The number of nitrogens with one attached hydrogen (secondary N) is 1. The first kappa shape index (κ1) is 14.2. The van der Waals surface area contributed by atoms with E-state index in [4.69, 9.17) is 0 Å². The van der Waals surface area contributed by atoms with Gasteiger partial charge in [-0.3, -0.25) is 9.48 Å². The summed E-state index contributed by atoms with van der Waals surface area (Å²) in [6.07, 6.45) is 3.12. The number of hydrogen-bond acceptors (Lipinski definition) is 4. The van der Waals surface area contributed by atoms with Crippen LogP contribution in [0, 0.1) is 0 Å². The first-order chi connectivity index (χ1) is 9.49. The molecule has 0 spiro atoms. The summed E-state index contributed by atoms with van der Waals surface area (Å²) in [6, 6.07) is 1.89. The molecule has 0 radical (unpaired) electrons. The number of carbonyl (C=O) groups excluding carboxylic acids is 1. The van der Waals surface area contributed by atoms with Crippen molar-refractivity contribution in [1.29, 1.82) is 0 Å². The van der Waals surface area contributed by atoms with Gasteiger partial charge in [0.1, 0.15) is 18.3 Å². The van der Waals surface area contributed by atoms with Crippen LogP contribution in [-0.2, 0) is 7.05 Å². The molecule has 1 atom stereocenters. The molecule has 0 fully saturated rings. The largest absolute Gasteiger partial charge is 0.349 e. The molecule has 20 heavy (non-hydrogen) atoms. The average molecular weight is 276 g/mol. The van der Waals surface area contributed by atoms with Crippen molar-refractivity contribution in [2.24, 2.45) is 7.05 Å². The van der Waals surface area contributed by atoms with Crippen molar-refractivity contribution >= 4 is 5.91 Å². The van der Waals surface area contributed by atoms with Gasteiger partial charge in [-0.25, -0.2) is 9.67 Å². The molecule has 0 unspecified atom stereocenters. The molecule has 7 heteroatoms. The molecule has 2 rings (SSSR count). The second-order valence-electron chi connectivity index (χ2n) is 5.17. The summed E-state index contributed by atoms with van der Waals surface area (Å²) in [4.78, 5) is 16.0. The standard InChI is InChI=1S/C13H20N6O/c1-9(2)11-5-12(18(4)17-11)13(20)15-6-10(3)19-8-14-7-16-19/h5,7-10H,6H2,1-4H3,(H,15,20)/t10-/m1/s1. The third kappa shape index (κ3) is 3.04. The Bertz CT molecular complexity index is 572. The summed E-state index contributed by atoms with van der Waals surface area (Å²) in [7, 11) is 1.78. The Hall–Kier alpha value is -2.18. The van der Waals surface area contributed by atoms with Gasteiger partial charge in [0.15, 0.2) is 0 Å². The topological polar surface area (TPSA) is 77.6 Å². The molecule has 0 aliphatic carbocycles. The SMILES string of the molecule is CC(C)c1cc(C(=O)NC[C@@H](C)n2cncn2)n(C)n1. The van der Waals surface area contributed by atoms with Crippen molar-refractivity contribution in [2.45, 2.75) is 32.7 Å². The molecule has 2 aromatic heterocycles. The molecular weight excluding hydrogens is 256 g/mol. The van der Waals surface area contributed by atoms with Crippen molar-refractivity contribution < 1.29 is 4.79 Å². The van der Waals surface area contributed by atoms with Gasteiger partial charge < -0.3 is 5.32 Å². The number of carbonyl (C=O) groups is 1. The highest BCUT2D eigenvalue weighted by Crippen LogP contribution is 2.13. The number of aryl methyl sites for hydroxylation is 1. The smallest absolute Gasteiger partial charge is 0.269 e. The van der Waals surface area contributed by atoms with Crippen LogP contribution in [0.5, 0.6) is 0 Å². The monoisotopic (exact) mass is 276 g/mol. The van der Waals surface area contributed by atoms with E-state index in [1.807, 2.05) is 13.0 Å². The van der Waals surface area contributed by atoms with Gasteiger partial charge in [-0.15, -0.1) is 0 Å². The molecule has 7 nitrogen and oxygen atoms in total. The van der Waals surface area contributed by atoms with E-state index in [0.29, 0.717) is 18.2 Å². The van der Waals surface area contributed by atoms with Crippen LogP contribution in [0.3, 0.4) is 0 Å². The zero-order chi connectivity index (χ0) is 14.7. The highest BCUT2D eigenvalue weighted by molar-refractivity contribution is 5.92. The average Bonchev–Trinajstić information content (AvgIpc) is 3.04. The summed E-state index contributed by atoms with van der Waals surface area (Å²) >= 11 is 0. The van der Waals surface area contributed by atoms with Crippen molar-refractivity contribution in [1.82, 2.24) is 29.9 Å². The molecule has 0 aliphatic heterocycles. The molecule has 0 saturated carbocycles. The first-order valence-electron chi connectivity index (χ1n) is 6.65. The zero-order valence-electron chi connectivity index (χ0n) is 12.2. The van der Waals surface area contributed by atoms with Crippen LogP contribution in [0.15, 0.2) is 18.7 Å². The van der Waals surface area contributed by atoms with Gasteiger partial charge in [0, 0.05) is 13.6 Å². The van der Waals surface area contributed by atoms with Crippen LogP contribution in [0.25, 0.3) is 0 Å². The third-order valence-corrected chi connectivity index (χ3v) is 3.17. The lowest BCUT2D eigenvalue weighted by molar-refractivity contribution is 0.0938. The van der Waals surface area contributed by atoms with Crippen LogP contribution in [0.1, 0.15) is 48.9 Å². The van der Waals surface area contributed by atoms with Crippen LogP contribution in [-0.4, -0.2) is 37.0 Å². The normalized spacial score (nSPS) is 12.7. The zero-order valence-corrected chi connectivity index (χ0v) is 12.2. The van der Waals surface area contributed by atoms with Gasteiger partial charge >= 0.3 is 0 Å². The van der Waals surface area contributed by atoms with E-state index in [2.05, 4.69) is 34.3 Å². The predicted octanol–water partition coefficient (Wildman–Crippen LogP) is 1.13. The second kappa shape index (κ2) is 5.85. The van der Waals surface area contributed by atoms with Gasteiger partial charge in [0.2, 0.25) is 0 Å². The van der Waals surface area contributed by atoms with E-state index in [1.54, 1.807) is 22.7 Å². The van der Waals surface area contributed by atoms with E-state index in [9.17, 15) is 4.79 Å². The lowest BCUT2D eigenvalue weighted by Gasteiger charge is -2.12. The summed E-state index contributed by atoms with van der Waals surface area (Å²) in [5.41, 5.74) is 1.49. The molecule has 108 valence electrons. The van der Waals surface area contributed by atoms with Gasteiger partial charge in [-0.05, 0) is 18.9 Å². The molecule has 2 heterocycles. The van der Waals surface area contributed by atoms with Crippen molar-refractivity contribution in [3.05, 3.63) is 30.1 Å². The summed E-state index contributed by atoms with van der Waals surface area (Å²) in [6.45, 7) is 6.57. The highest BCUT2D eigenvalue weighted by atomic mass is 16.2. The Kier molecular flexibility index (Phi) is 4.16. The maximum absolute atomic E-state index is 12.2. The van der Waals surface area contributed by atoms with Gasteiger partial charge in [-0.1, -0.05) is 13.8 Å². The van der Waals surface area contributed by atoms with E-state index in [0.717, 1.165) is 5.69 Å². The van der Waals surface area contributed by atoms with E-state index >= 15 is 0 Å². The lowest BCUT2D eigenvalue weighted by Crippen LogP contribution is -2.31. The van der Waals surface area contributed by atoms with E-state index in [1.165, 1.54) is 6.33 Å². The summed E-state index contributed by atoms with van der Waals surface area (Å²) < 4.78 is 3.33. The Labute approximate surface area is 118 Å². The highest BCUT2D eigenvalue weighted by Gasteiger charge is 2.15. The second-order valence-corrected chi connectivity index (χ2v) is 5.17. The minimum atomic E-state index is -0.126. The van der Waals surface area contributed by atoms with Crippen LogP contribution in [0.2, 0.25) is 0 Å². The van der Waals surface area contributed by atoms with Crippen LogP contribution in [0.4, 0.5) is 0 Å². The Morgan fingerprint density at radius 3 is 2.70 bits per heavy atom. The van der Waals surface area contributed by atoms with Gasteiger partial charge in [0.05, 0.1) is 11.7 Å². The molecule has 1 amide bonds. The number of aromatic nitrogens is 5. The van der Waals surface area contributed by atoms with Crippen LogP contribution < -0.4 is 5.32 Å². The van der Waals surface area contributed by atoms with Crippen molar-refractivity contribution in [2.75, 3.05) is 6.54 Å². The van der Waals surface area contributed by atoms with E-state index < -0.39 is 0 Å². The maximum atomic E-state index is 12.2. The Morgan fingerprint density at radius 2 is 2.15 bits per heavy atom. The summed E-state index contributed by atoms with van der Waals surface area (Å²) in [5.74, 6) is 0.177. The fourth-order valence-electron chi connectivity index (χ4n) is 1.85. The number of amides is 1. The molecular formula is C13H20N6O. The number of nitrogens with zero attached hydrogens (tertiary/aromatic N) is 5. The predicted molar refractivity (Wildman–Crippen MR) is 74.4 cm³/mol. The number of rotatable bonds is 5. The number of hydrogen-bond donors (Lipinski definition) is 1. The molecule has 0 aromatic carbocycles. The molecule has 0 saturated heterocycles. The fourth-order valence-corrected chi connectivity index (χ4v) is 1.85. The third-order valence-electron chi connectivity index (χ3n) is 3.17. The van der Waals surface area contributed by atoms with Crippen LogP contribution >= 0.6 is 0 Å². The van der Waals surface area contributed by atoms with Gasteiger partial charge in [-0.2, -0.15) is 10.2 Å². The minimum Gasteiger partial charge on any atom is -0.349 e. The maximum Gasteiger partial charge on any atom is 0.269 e. The molecule has 0 bridgehead atoms. The molecule has 0 aliphatic rings. The quantitative estimate of drug-likeness (QED) is 0.888. The van der Waals surface area contributed by atoms with E-state index in [-0.39, 0.29) is 11.9 Å². The van der Waals surface area contributed by atoms with Crippen molar-refractivity contribution in [3.8, 4) is 0 Å². The lowest BCUT2D eigenvalue weighted by atomic mass is 10.1. The molecule has 1 N–H and O–H groups in total. The first-order valence-corrected chi connectivity index (χ1v) is 6.65. The Morgan fingerprint density at radius 1 is 1.40 bits per heavy atom. The molecule has 2 aromatic rings. The minimum absolute atomic E-state index is 0.0549. The Balaban J connectivity index is 1.98. The van der Waals surface area contributed by atoms with Gasteiger partial charge in [0.25, 0.3) is 5.91 Å². The summed E-state index contributed by atoms with van der Waals surface area (Å²) in [5, 5.41) is 11.3.